The summed E-state index contributed by atoms with van der Waals surface area (Å²) in [6.45, 7) is 0. The van der Waals surface area contributed by atoms with Gasteiger partial charge in [0.25, 0.3) is 0 Å². The topological polar surface area (TPSA) is 55.4 Å². The average molecular weight is 287 g/mol. The van der Waals surface area contributed by atoms with E-state index < -0.39 is 12.0 Å². The fraction of sp³-hybridized carbons (Fsp3) is 0.529. The van der Waals surface area contributed by atoms with Crippen LogP contribution in [0, 0.1) is 17.8 Å². The van der Waals surface area contributed by atoms with Crippen molar-refractivity contribution in [3.63, 3.8) is 0 Å². The van der Waals surface area contributed by atoms with Crippen LogP contribution in [-0.4, -0.2) is 19.0 Å². The Morgan fingerprint density at radius 1 is 1.14 bits per heavy atom. The summed E-state index contributed by atoms with van der Waals surface area (Å²) in [6.07, 6.45) is 4.75. The number of esters is 1. The van der Waals surface area contributed by atoms with Gasteiger partial charge in [-0.15, -0.1) is 0 Å². The van der Waals surface area contributed by atoms with Crippen molar-refractivity contribution in [3.05, 3.63) is 35.9 Å². The first-order valence-electron chi connectivity index (χ1n) is 7.65. The molecule has 2 saturated carbocycles. The van der Waals surface area contributed by atoms with Crippen LogP contribution in [0.5, 0.6) is 0 Å². The largest absolute Gasteiger partial charge is 0.467 e. The fourth-order valence-corrected chi connectivity index (χ4v) is 3.66. The van der Waals surface area contributed by atoms with Crippen molar-refractivity contribution in [3.8, 4) is 0 Å². The van der Waals surface area contributed by atoms with Crippen LogP contribution in [0.2, 0.25) is 0 Å². The summed E-state index contributed by atoms with van der Waals surface area (Å²) in [7, 11) is 1.35. The molecule has 0 radical (unpaired) electrons. The molecule has 3 atom stereocenters. The minimum Gasteiger partial charge on any atom is -0.467 e. The maximum Gasteiger partial charge on any atom is 0.333 e. The highest BCUT2D eigenvalue weighted by atomic mass is 16.5. The molecule has 0 heterocycles. The van der Waals surface area contributed by atoms with Gasteiger partial charge in [-0.1, -0.05) is 43.2 Å². The molecular weight excluding hydrogens is 266 g/mol. The molecule has 3 unspecified atom stereocenters. The number of rotatable bonds is 4. The molecule has 4 heteroatoms. The Bertz CT molecular complexity index is 516. The number of amides is 1. The lowest BCUT2D eigenvalue weighted by atomic mass is 10.0. The van der Waals surface area contributed by atoms with E-state index in [-0.39, 0.29) is 11.8 Å². The first-order chi connectivity index (χ1) is 10.2. The molecule has 1 N–H and O–H groups in total. The molecule has 0 bridgehead atoms. The highest BCUT2D eigenvalue weighted by Gasteiger charge is 2.55. The quantitative estimate of drug-likeness (QED) is 0.865. The summed E-state index contributed by atoms with van der Waals surface area (Å²) < 4.78 is 4.83. The van der Waals surface area contributed by atoms with Gasteiger partial charge in [0.1, 0.15) is 0 Å². The van der Waals surface area contributed by atoms with Crippen molar-refractivity contribution in [2.24, 2.45) is 17.8 Å². The SMILES string of the molecule is COC(=O)C(NC(=O)C1C2CCCCC21)c1ccccc1. The summed E-state index contributed by atoms with van der Waals surface area (Å²) in [6, 6.07) is 8.56. The van der Waals surface area contributed by atoms with Gasteiger partial charge < -0.3 is 10.1 Å². The van der Waals surface area contributed by atoms with E-state index in [4.69, 9.17) is 4.74 Å². The summed E-state index contributed by atoms with van der Waals surface area (Å²) in [4.78, 5) is 24.4. The molecule has 1 amide bonds. The predicted molar refractivity (Wildman–Crippen MR) is 78.3 cm³/mol. The van der Waals surface area contributed by atoms with Gasteiger partial charge in [0.05, 0.1) is 7.11 Å². The molecule has 21 heavy (non-hydrogen) atoms. The van der Waals surface area contributed by atoms with Gasteiger partial charge in [-0.05, 0) is 30.2 Å². The lowest BCUT2D eigenvalue weighted by molar-refractivity contribution is -0.145. The van der Waals surface area contributed by atoms with Crippen LogP contribution in [-0.2, 0) is 14.3 Å². The van der Waals surface area contributed by atoms with Crippen molar-refractivity contribution < 1.29 is 14.3 Å². The molecule has 2 aliphatic rings. The molecular formula is C17H21NO3. The average Bonchev–Trinajstić information content (AvgIpc) is 3.27. The van der Waals surface area contributed by atoms with E-state index in [2.05, 4.69) is 5.32 Å². The lowest BCUT2D eigenvalue weighted by Gasteiger charge is -2.17. The van der Waals surface area contributed by atoms with Crippen molar-refractivity contribution in [2.75, 3.05) is 7.11 Å². The Morgan fingerprint density at radius 3 is 2.33 bits per heavy atom. The normalized spacial score (nSPS) is 28.1. The van der Waals surface area contributed by atoms with Gasteiger partial charge >= 0.3 is 5.97 Å². The number of hydrogen-bond acceptors (Lipinski definition) is 3. The number of benzene rings is 1. The minimum absolute atomic E-state index is 0.00570. The number of carbonyl (C=O) groups is 2. The van der Waals surface area contributed by atoms with Crippen LogP contribution in [0.25, 0.3) is 0 Å². The first kappa shape index (κ1) is 14.1. The highest BCUT2D eigenvalue weighted by molar-refractivity contribution is 5.88. The number of fused-ring (bicyclic) bond motifs is 1. The Labute approximate surface area is 124 Å². The number of ether oxygens (including phenoxy) is 1. The third kappa shape index (κ3) is 2.80. The summed E-state index contributed by atoms with van der Waals surface area (Å²) in [5.74, 6) is 0.758. The van der Waals surface area contributed by atoms with Gasteiger partial charge in [0, 0.05) is 5.92 Å². The zero-order chi connectivity index (χ0) is 14.8. The second-order valence-corrected chi connectivity index (χ2v) is 6.01. The van der Waals surface area contributed by atoms with Crippen molar-refractivity contribution in [1.29, 1.82) is 0 Å². The van der Waals surface area contributed by atoms with Crippen LogP contribution in [0.4, 0.5) is 0 Å². The van der Waals surface area contributed by atoms with Crippen LogP contribution in [0.15, 0.2) is 30.3 Å². The number of carbonyl (C=O) groups excluding carboxylic acids is 2. The molecule has 0 saturated heterocycles. The second kappa shape index (κ2) is 5.88. The van der Waals surface area contributed by atoms with E-state index in [0.717, 1.165) is 18.4 Å². The molecule has 0 aliphatic heterocycles. The number of nitrogens with one attached hydrogen (secondary N) is 1. The smallest absolute Gasteiger partial charge is 0.333 e. The van der Waals surface area contributed by atoms with Crippen LogP contribution in [0.3, 0.4) is 0 Å². The molecule has 2 aliphatic carbocycles. The highest BCUT2D eigenvalue weighted by Crippen LogP contribution is 2.55. The van der Waals surface area contributed by atoms with E-state index in [1.165, 1.54) is 20.0 Å². The van der Waals surface area contributed by atoms with E-state index in [1.807, 2.05) is 30.3 Å². The van der Waals surface area contributed by atoms with Gasteiger partial charge in [0.2, 0.25) is 5.91 Å². The summed E-state index contributed by atoms with van der Waals surface area (Å²) >= 11 is 0. The van der Waals surface area contributed by atoms with E-state index in [0.29, 0.717) is 11.8 Å². The minimum atomic E-state index is -0.702. The van der Waals surface area contributed by atoms with Crippen molar-refractivity contribution in [1.82, 2.24) is 5.32 Å². The van der Waals surface area contributed by atoms with Crippen molar-refractivity contribution >= 4 is 11.9 Å². The Hall–Kier alpha value is -1.84. The monoisotopic (exact) mass is 287 g/mol. The third-order valence-corrected chi connectivity index (χ3v) is 4.82. The van der Waals surface area contributed by atoms with Crippen LogP contribution in [0.1, 0.15) is 37.3 Å². The number of methoxy groups -OCH3 is 1. The Morgan fingerprint density at radius 2 is 1.76 bits per heavy atom. The van der Waals surface area contributed by atoms with E-state index in [1.54, 1.807) is 0 Å². The van der Waals surface area contributed by atoms with E-state index in [9.17, 15) is 9.59 Å². The van der Waals surface area contributed by atoms with Crippen LogP contribution >= 0.6 is 0 Å². The third-order valence-electron chi connectivity index (χ3n) is 4.82. The zero-order valence-corrected chi connectivity index (χ0v) is 12.2. The van der Waals surface area contributed by atoms with E-state index >= 15 is 0 Å². The molecule has 2 fully saturated rings. The molecule has 1 aromatic carbocycles. The standard InChI is InChI=1S/C17H21NO3/c1-21-17(20)15(11-7-3-2-4-8-11)18-16(19)14-12-9-5-6-10-13(12)14/h2-4,7-8,12-15H,5-6,9-10H2,1H3,(H,18,19). The van der Waals surface area contributed by atoms with Crippen molar-refractivity contribution in [2.45, 2.75) is 31.7 Å². The van der Waals surface area contributed by atoms with Gasteiger partial charge in [0.15, 0.2) is 6.04 Å². The Kier molecular flexibility index (Phi) is 3.95. The number of hydrogen-bond donors (Lipinski definition) is 1. The second-order valence-electron chi connectivity index (χ2n) is 6.01. The zero-order valence-electron chi connectivity index (χ0n) is 12.2. The van der Waals surface area contributed by atoms with Gasteiger partial charge in [-0.2, -0.15) is 0 Å². The molecule has 3 rings (SSSR count). The maximum atomic E-state index is 12.5. The molecule has 112 valence electrons. The van der Waals surface area contributed by atoms with Gasteiger partial charge in [-0.25, -0.2) is 4.79 Å². The molecule has 1 aromatic rings. The maximum absolute atomic E-state index is 12.5. The molecule has 4 nitrogen and oxygen atoms in total. The molecule has 0 aromatic heterocycles. The van der Waals surface area contributed by atoms with Gasteiger partial charge in [-0.3, -0.25) is 4.79 Å². The molecule has 0 spiro atoms. The van der Waals surface area contributed by atoms with Crippen LogP contribution < -0.4 is 5.32 Å². The Balaban J connectivity index is 1.70. The predicted octanol–water partition coefficient (Wildman–Crippen LogP) is 2.45. The first-order valence-corrected chi connectivity index (χ1v) is 7.65. The summed E-state index contributed by atoms with van der Waals surface area (Å²) in [5.41, 5.74) is 0.765. The lowest BCUT2D eigenvalue weighted by Crippen LogP contribution is -2.36. The summed E-state index contributed by atoms with van der Waals surface area (Å²) in [5, 5.41) is 2.89. The fourth-order valence-electron chi connectivity index (χ4n) is 3.66.